The van der Waals surface area contributed by atoms with Crippen LogP contribution in [-0.4, -0.2) is 56.8 Å². The van der Waals surface area contributed by atoms with E-state index in [1.807, 2.05) is 6.92 Å². The Morgan fingerprint density at radius 1 is 1.14 bits per heavy atom. The van der Waals surface area contributed by atoms with Gasteiger partial charge in [0, 0.05) is 50.9 Å². The topological polar surface area (TPSA) is 79.9 Å². The molecule has 8 heteroatoms. The molecular weight excluding hydrogens is 473 g/mol. The molecular formula is C29H44FN3O4. The smallest absolute Gasteiger partial charge is 0.231 e. The lowest BCUT2D eigenvalue weighted by molar-refractivity contribution is -0.130. The lowest BCUT2D eigenvalue weighted by Crippen LogP contribution is -2.54. The van der Waals surface area contributed by atoms with Crippen LogP contribution in [0.3, 0.4) is 0 Å². The van der Waals surface area contributed by atoms with Crippen molar-refractivity contribution in [3.8, 4) is 5.75 Å². The lowest BCUT2D eigenvalue weighted by Gasteiger charge is -2.38. The molecule has 0 spiro atoms. The van der Waals surface area contributed by atoms with Crippen LogP contribution in [0.2, 0.25) is 0 Å². The Morgan fingerprint density at radius 3 is 2.54 bits per heavy atom. The fraction of sp³-hybridized carbons (Fsp3) is 0.724. The molecule has 1 aliphatic heterocycles. The summed E-state index contributed by atoms with van der Waals surface area (Å²) in [6, 6.07) is 3.19. The highest BCUT2D eigenvalue weighted by Crippen LogP contribution is 2.39. The van der Waals surface area contributed by atoms with Crippen molar-refractivity contribution in [3.63, 3.8) is 0 Å². The van der Waals surface area contributed by atoms with Crippen molar-refractivity contribution in [1.82, 2.24) is 10.6 Å². The molecule has 2 aliphatic carbocycles. The van der Waals surface area contributed by atoms with Crippen molar-refractivity contribution in [1.29, 1.82) is 0 Å². The minimum absolute atomic E-state index is 0.00818. The molecule has 2 atom stereocenters. The van der Waals surface area contributed by atoms with Gasteiger partial charge in [0.2, 0.25) is 11.8 Å². The number of hydrogen-bond donors (Lipinski definition) is 2. The Labute approximate surface area is 220 Å². The van der Waals surface area contributed by atoms with E-state index in [-0.39, 0.29) is 40.9 Å². The summed E-state index contributed by atoms with van der Waals surface area (Å²) in [5.74, 6) is -0.504. The van der Waals surface area contributed by atoms with Gasteiger partial charge in [-0.2, -0.15) is 0 Å². The van der Waals surface area contributed by atoms with Crippen LogP contribution in [0.5, 0.6) is 5.75 Å². The zero-order valence-corrected chi connectivity index (χ0v) is 22.7. The first-order valence-corrected chi connectivity index (χ1v) is 14.1. The number of anilines is 1. The van der Waals surface area contributed by atoms with E-state index in [1.165, 1.54) is 12.5 Å². The Morgan fingerprint density at radius 2 is 1.86 bits per heavy atom. The first-order valence-electron chi connectivity index (χ1n) is 14.1. The van der Waals surface area contributed by atoms with Crippen LogP contribution in [0.25, 0.3) is 0 Å². The molecule has 37 heavy (non-hydrogen) atoms. The summed E-state index contributed by atoms with van der Waals surface area (Å²) < 4.78 is 26.5. The highest BCUT2D eigenvalue weighted by molar-refractivity contribution is 5.97. The number of carbonyl (C=O) groups excluding carboxylic acids is 2. The van der Waals surface area contributed by atoms with Crippen molar-refractivity contribution >= 4 is 17.5 Å². The van der Waals surface area contributed by atoms with Crippen molar-refractivity contribution in [3.05, 3.63) is 23.5 Å². The summed E-state index contributed by atoms with van der Waals surface area (Å²) in [6.45, 7) is 6.21. The minimum atomic E-state index is -0.398. The molecule has 1 heterocycles. The van der Waals surface area contributed by atoms with Crippen LogP contribution < -0.4 is 20.3 Å². The van der Waals surface area contributed by atoms with Crippen molar-refractivity contribution < 1.29 is 23.5 Å². The zero-order valence-electron chi connectivity index (χ0n) is 22.7. The molecule has 3 aliphatic rings. The molecule has 206 valence electrons. The summed E-state index contributed by atoms with van der Waals surface area (Å²) in [4.78, 5) is 28.7. The molecule has 2 amide bonds. The van der Waals surface area contributed by atoms with Crippen LogP contribution in [-0.2, 0) is 20.7 Å². The Kier molecular flexibility index (Phi) is 9.46. The summed E-state index contributed by atoms with van der Waals surface area (Å²) in [5.41, 5.74) is 0.915. The highest BCUT2D eigenvalue weighted by Gasteiger charge is 2.41. The Bertz CT molecular complexity index is 945. The van der Waals surface area contributed by atoms with Gasteiger partial charge in [-0.15, -0.1) is 0 Å². The van der Waals surface area contributed by atoms with Gasteiger partial charge in [-0.1, -0.05) is 26.2 Å². The van der Waals surface area contributed by atoms with Gasteiger partial charge in [-0.25, -0.2) is 4.39 Å². The number of hydrogen-bond acceptors (Lipinski definition) is 5. The second-order valence-electron chi connectivity index (χ2n) is 11.3. The van der Waals surface area contributed by atoms with Gasteiger partial charge in [0.05, 0.1) is 24.1 Å². The normalized spacial score (nSPS) is 23.4. The van der Waals surface area contributed by atoms with Gasteiger partial charge in [0.1, 0.15) is 11.6 Å². The summed E-state index contributed by atoms with van der Waals surface area (Å²) in [6.07, 6.45) is 9.05. The zero-order chi connectivity index (χ0) is 26.4. The van der Waals surface area contributed by atoms with Crippen LogP contribution >= 0.6 is 0 Å². The minimum Gasteiger partial charge on any atom is -0.493 e. The van der Waals surface area contributed by atoms with E-state index >= 15 is 4.39 Å². The fourth-order valence-electron chi connectivity index (χ4n) is 5.78. The average molecular weight is 518 g/mol. The Balaban J connectivity index is 1.48. The molecule has 7 nitrogen and oxygen atoms in total. The standard InChI is InChI=1S/C29H44FN3O4/c1-4-20-16-24(30)25(17-26(20)37-14-8-13-36-3)33(23-9-10-23)28(35)22-15-21(18-31-19-22)27(34)32-29(2)11-6-5-7-12-29/h16-17,21-23,31H,4-15,18-19H2,1-3H3,(H,32,34)/t21-,22+/m0/s1. The summed E-state index contributed by atoms with van der Waals surface area (Å²) in [7, 11) is 1.65. The van der Waals surface area contributed by atoms with E-state index in [4.69, 9.17) is 9.47 Å². The van der Waals surface area contributed by atoms with Crippen LogP contribution in [0.15, 0.2) is 12.1 Å². The third kappa shape index (κ3) is 7.02. The number of rotatable bonds is 11. The first-order chi connectivity index (χ1) is 17.8. The predicted molar refractivity (Wildman–Crippen MR) is 142 cm³/mol. The maximum atomic E-state index is 15.4. The fourth-order valence-corrected chi connectivity index (χ4v) is 5.78. The van der Waals surface area contributed by atoms with Gasteiger partial charge in [0.25, 0.3) is 0 Å². The quantitative estimate of drug-likeness (QED) is 0.427. The molecule has 1 aromatic carbocycles. The highest BCUT2D eigenvalue weighted by atomic mass is 19.1. The third-order valence-electron chi connectivity index (χ3n) is 8.12. The molecule has 4 rings (SSSR count). The number of ether oxygens (including phenoxy) is 2. The number of halogens is 1. The lowest BCUT2D eigenvalue weighted by atomic mass is 9.82. The average Bonchev–Trinajstić information content (AvgIpc) is 3.73. The van der Waals surface area contributed by atoms with Crippen LogP contribution in [0, 0.1) is 17.7 Å². The van der Waals surface area contributed by atoms with Crippen molar-refractivity contribution in [2.24, 2.45) is 11.8 Å². The van der Waals surface area contributed by atoms with E-state index in [1.54, 1.807) is 18.1 Å². The second kappa shape index (κ2) is 12.6. The summed E-state index contributed by atoms with van der Waals surface area (Å²) >= 11 is 0. The van der Waals surface area contributed by atoms with E-state index in [0.717, 1.165) is 50.5 Å². The van der Waals surface area contributed by atoms with Crippen LogP contribution in [0.4, 0.5) is 10.1 Å². The molecule has 0 unspecified atom stereocenters. The van der Waals surface area contributed by atoms with E-state index < -0.39 is 5.82 Å². The largest absolute Gasteiger partial charge is 0.493 e. The van der Waals surface area contributed by atoms with E-state index in [2.05, 4.69) is 17.6 Å². The molecule has 2 N–H and O–H groups in total. The molecule has 2 saturated carbocycles. The SMILES string of the molecule is CCc1cc(F)c(N(C(=O)[C@H]2CNC[C@@H](C(=O)NC3(C)CCCCC3)C2)C2CC2)cc1OCCCOC. The van der Waals surface area contributed by atoms with Gasteiger partial charge in [0.15, 0.2) is 0 Å². The van der Waals surface area contributed by atoms with E-state index in [0.29, 0.717) is 44.9 Å². The number of nitrogens with one attached hydrogen (secondary N) is 2. The molecule has 1 saturated heterocycles. The number of benzene rings is 1. The van der Waals surface area contributed by atoms with Gasteiger partial charge in [-0.05, 0) is 57.1 Å². The van der Waals surface area contributed by atoms with Gasteiger partial charge in [-0.3, -0.25) is 9.59 Å². The first kappa shape index (κ1) is 27.8. The maximum Gasteiger partial charge on any atom is 0.231 e. The third-order valence-corrected chi connectivity index (χ3v) is 8.12. The monoisotopic (exact) mass is 517 g/mol. The van der Waals surface area contributed by atoms with Gasteiger partial charge >= 0.3 is 0 Å². The Hall–Kier alpha value is -2.19. The second-order valence-corrected chi connectivity index (χ2v) is 11.3. The van der Waals surface area contributed by atoms with E-state index in [9.17, 15) is 9.59 Å². The molecule has 1 aromatic rings. The van der Waals surface area contributed by atoms with Crippen LogP contribution in [0.1, 0.15) is 77.2 Å². The number of methoxy groups -OCH3 is 1. The summed E-state index contributed by atoms with van der Waals surface area (Å²) in [5, 5.41) is 6.60. The van der Waals surface area contributed by atoms with Crippen molar-refractivity contribution in [2.75, 3.05) is 38.3 Å². The number of aryl methyl sites for hydroxylation is 1. The number of piperidine rings is 1. The molecule has 3 fully saturated rings. The maximum absolute atomic E-state index is 15.4. The number of nitrogens with zero attached hydrogens (tertiary/aromatic N) is 1. The number of amides is 2. The molecule has 0 bridgehead atoms. The molecule has 0 aromatic heterocycles. The van der Waals surface area contributed by atoms with Gasteiger partial charge < -0.3 is 25.0 Å². The number of carbonyl (C=O) groups is 2. The predicted octanol–water partition coefficient (Wildman–Crippen LogP) is 4.36. The van der Waals surface area contributed by atoms with Crippen molar-refractivity contribution in [2.45, 2.75) is 89.6 Å². The molecule has 0 radical (unpaired) electrons.